The molecule has 138 valence electrons. The zero-order valence-electron chi connectivity index (χ0n) is 14.9. The lowest BCUT2D eigenvalue weighted by Crippen LogP contribution is -2.16. The van der Waals surface area contributed by atoms with E-state index in [-0.39, 0.29) is 17.2 Å². The van der Waals surface area contributed by atoms with Crippen molar-refractivity contribution < 1.29 is 24.1 Å². The molecule has 7 nitrogen and oxygen atoms in total. The number of ether oxygens (including phenoxy) is 4. The Hall–Kier alpha value is -2.87. The van der Waals surface area contributed by atoms with Crippen molar-refractivity contribution in [1.82, 2.24) is 0 Å². The lowest BCUT2D eigenvalue weighted by molar-refractivity contribution is 0.324. The summed E-state index contributed by atoms with van der Waals surface area (Å²) in [5.74, 6) is 1.55. The van der Waals surface area contributed by atoms with Gasteiger partial charge >= 0.3 is 0 Å². The van der Waals surface area contributed by atoms with E-state index in [1.807, 2.05) is 0 Å². The summed E-state index contributed by atoms with van der Waals surface area (Å²) in [6, 6.07) is 8.00. The second-order valence-electron chi connectivity index (χ2n) is 5.12. The second kappa shape index (κ2) is 8.48. The van der Waals surface area contributed by atoms with Gasteiger partial charge in [0.25, 0.3) is 0 Å². The van der Waals surface area contributed by atoms with Crippen LogP contribution in [0, 0.1) is 5.41 Å². The Bertz CT molecular complexity index is 826. The number of methoxy groups -OCH3 is 4. The summed E-state index contributed by atoms with van der Waals surface area (Å²) < 4.78 is 24.9. The van der Waals surface area contributed by atoms with Gasteiger partial charge in [0.15, 0.2) is 23.0 Å². The normalized spacial score (nSPS) is 11.0. The first-order valence-electron chi connectivity index (χ1n) is 7.49. The summed E-state index contributed by atoms with van der Waals surface area (Å²) in [5, 5.41) is 18.4. The van der Waals surface area contributed by atoms with E-state index in [0.717, 1.165) is 0 Å². The van der Waals surface area contributed by atoms with Crippen LogP contribution in [0.2, 0.25) is 0 Å². The maximum absolute atomic E-state index is 9.96. The number of nitrogens with one attached hydrogen (secondary N) is 1. The molecule has 0 atom stereocenters. The monoisotopic (exact) mass is 376 g/mol. The van der Waals surface area contributed by atoms with Gasteiger partial charge in [0.1, 0.15) is 5.71 Å². The largest absolute Gasteiger partial charge is 0.504 e. The number of hydrogen-bond donors (Lipinski definition) is 3. The average Bonchev–Trinajstić information content (AvgIpc) is 2.67. The van der Waals surface area contributed by atoms with Crippen molar-refractivity contribution in [3.05, 3.63) is 41.5 Å². The number of benzene rings is 2. The first-order chi connectivity index (χ1) is 12.5. The van der Waals surface area contributed by atoms with Crippen LogP contribution in [0.4, 0.5) is 0 Å². The molecule has 0 aliphatic heterocycles. The van der Waals surface area contributed by atoms with Crippen LogP contribution in [0.25, 0.3) is 0 Å². The van der Waals surface area contributed by atoms with E-state index in [1.165, 1.54) is 34.5 Å². The predicted octanol–water partition coefficient (Wildman–Crippen LogP) is 3.13. The van der Waals surface area contributed by atoms with Gasteiger partial charge in [0.05, 0.1) is 34.2 Å². The molecule has 0 spiro atoms. The number of thiol groups is 1. The molecule has 0 aliphatic rings. The highest BCUT2D eigenvalue weighted by molar-refractivity contribution is 7.79. The lowest BCUT2D eigenvalue weighted by atomic mass is 9.99. The SMILES string of the molecule is COc1ccc(C(=N)C(=NS)c2cc(OC)c(OC)c(OC)c2)cc1O. The van der Waals surface area contributed by atoms with Gasteiger partial charge in [-0.25, -0.2) is 4.40 Å². The fourth-order valence-electron chi connectivity index (χ4n) is 2.45. The lowest BCUT2D eigenvalue weighted by Gasteiger charge is -2.15. The maximum atomic E-state index is 9.96. The first kappa shape index (κ1) is 19.5. The molecular weight excluding hydrogens is 356 g/mol. The van der Waals surface area contributed by atoms with E-state index >= 15 is 0 Å². The van der Waals surface area contributed by atoms with Crippen LogP contribution in [-0.2, 0) is 0 Å². The van der Waals surface area contributed by atoms with Crippen molar-refractivity contribution in [2.75, 3.05) is 28.4 Å². The number of aromatic hydroxyl groups is 1. The highest BCUT2D eigenvalue weighted by Crippen LogP contribution is 2.38. The molecule has 0 unspecified atom stereocenters. The van der Waals surface area contributed by atoms with Crippen LogP contribution in [0.1, 0.15) is 11.1 Å². The zero-order chi connectivity index (χ0) is 19.3. The fraction of sp³-hybridized carbons (Fsp3) is 0.222. The second-order valence-corrected chi connectivity index (χ2v) is 5.32. The number of rotatable bonds is 7. The number of phenolic OH excluding ortho intramolecular Hbond substituents is 1. The number of hydrogen-bond acceptors (Lipinski definition) is 8. The summed E-state index contributed by atoms with van der Waals surface area (Å²) in [7, 11) is 5.98. The minimum Gasteiger partial charge on any atom is -0.504 e. The van der Waals surface area contributed by atoms with Crippen molar-refractivity contribution in [1.29, 1.82) is 5.41 Å². The third kappa shape index (κ3) is 3.70. The van der Waals surface area contributed by atoms with E-state index in [2.05, 4.69) is 17.2 Å². The van der Waals surface area contributed by atoms with Gasteiger partial charge in [-0.1, -0.05) is 0 Å². The zero-order valence-corrected chi connectivity index (χ0v) is 15.8. The summed E-state index contributed by atoms with van der Waals surface area (Å²) in [5.41, 5.74) is 1.34. The molecule has 2 rings (SSSR count). The molecule has 0 bridgehead atoms. The third-order valence-corrected chi connectivity index (χ3v) is 3.94. The summed E-state index contributed by atoms with van der Waals surface area (Å²) >= 11 is 4.00. The molecule has 0 fully saturated rings. The highest BCUT2D eigenvalue weighted by Gasteiger charge is 2.20. The van der Waals surface area contributed by atoms with E-state index in [9.17, 15) is 5.11 Å². The molecule has 0 aromatic heterocycles. The summed E-state index contributed by atoms with van der Waals surface area (Å²) in [6.45, 7) is 0. The van der Waals surface area contributed by atoms with Gasteiger partial charge in [-0.3, -0.25) is 5.41 Å². The number of phenols is 1. The first-order valence-corrected chi connectivity index (χ1v) is 7.89. The molecule has 2 N–H and O–H groups in total. The Kier molecular flexibility index (Phi) is 6.35. The summed E-state index contributed by atoms with van der Waals surface area (Å²) in [4.78, 5) is 0. The Morgan fingerprint density at radius 1 is 0.885 bits per heavy atom. The molecule has 2 aromatic rings. The Morgan fingerprint density at radius 2 is 1.46 bits per heavy atom. The smallest absolute Gasteiger partial charge is 0.203 e. The van der Waals surface area contributed by atoms with Crippen molar-refractivity contribution in [2.24, 2.45) is 4.40 Å². The van der Waals surface area contributed by atoms with Gasteiger partial charge in [-0.05, 0) is 43.1 Å². The Labute approximate surface area is 157 Å². The average molecular weight is 376 g/mol. The molecule has 0 saturated carbocycles. The van der Waals surface area contributed by atoms with E-state index in [0.29, 0.717) is 34.1 Å². The Morgan fingerprint density at radius 3 is 1.88 bits per heavy atom. The quantitative estimate of drug-likeness (QED) is 0.510. The van der Waals surface area contributed by atoms with Gasteiger partial charge in [-0.15, -0.1) is 0 Å². The van der Waals surface area contributed by atoms with E-state index in [4.69, 9.17) is 24.4 Å². The fourth-order valence-corrected chi connectivity index (χ4v) is 2.67. The standard InChI is InChI=1S/C18H20N2O5S/c1-22-13-6-5-10(7-12(13)21)16(19)17(20-26)11-8-14(23-2)18(25-4)15(9-11)24-3/h5-9,19,21,26H,1-4H3. The van der Waals surface area contributed by atoms with Crippen LogP contribution < -0.4 is 18.9 Å². The van der Waals surface area contributed by atoms with Crippen molar-refractivity contribution in [2.45, 2.75) is 0 Å². The van der Waals surface area contributed by atoms with E-state index < -0.39 is 0 Å². The van der Waals surface area contributed by atoms with Crippen molar-refractivity contribution >= 4 is 24.2 Å². The molecule has 0 aliphatic carbocycles. The third-order valence-electron chi connectivity index (χ3n) is 3.74. The minimum atomic E-state index is -0.0712. The number of nitrogens with zero attached hydrogens (tertiary/aromatic N) is 1. The van der Waals surface area contributed by atoms with Crippen LogP contribution in [0.5, 0.6) is 28.7 Å². The molecule has 2 aromatic carbocycles. The molecule has 0 heterocycles. The molecule has 0 amide bonds. The molecule has 8 heteroatoms. The Balaban J connectivity index is 2.51. The minimum absolute atomic E-state index is 0.0622. The topological polar surface area (TPSA) is 93.4 Å². The van der Waals surface area contributed by atoms with Crippen molar-refractivity contribution in [3.63, 3.8) is 0 Å². The maximum Gasteiger partial charge on any atom is 0.203 e. The van der Waals surface area contributed by atoms with Gasteiger partial charge in [0, 0.05) is 11.1 Å². The molecule has 0 saturated heterocycles. The van der Waals surface area contributed by atoms with Gasteiger partial charge in [-0.2, -0.15) is 0 Å². The summed E-state index contributed by atoms with van der Waals surface area (Å²) in [6.07, 6.45) is 0. The van der Waals surface area contributed by atoms with Gasteiger partial charge < -0.3 is 24.1 Å². The highest BCUT2D eigenvalue weighted by atomic mass is 32.1. The molecule has 0 radical (unpaired) electrons. The molecular formula is C18H20N2O5S. The predicted molar refractivity (Wildman–Crippen MR) is 103 cm³/mol. The van der Waals surface area contributed by atoms with Gasteiger partial charge in [0.2, 0.25) is 5.75 Å². The van der Waals surface area contributed by atoms with Crippen molar-refractivity contribution in [3.8, 4) is 28.7 Å². The van der Waals surface area contributed by atoms with Crippen LogP contribution in [0.15, 0.2) is 34.7 Å². The van der Waals surface area contributed by atoms with E-state index in [1.54, 1.807) is 24.3 Å². The van der Waals surface area contributed by atoms with Crippen LogP contribution in [-0.4, -0.2) is 45.0 Å². The van der Waals surface area contributed by atoms with Crippen LogP contribution in [0.3, 0.4) is 0 Å². The van der Waals surface area contributed by atoms with Crippen LogP contribution >= 0.6 is 12.8 Å². The molecule has 26 heavy (non-hydrogen) atoms.